The smallest absolute Gasteiger partial charge is 0.333 e. The van der Waals surface area contributed by atoms with Crippen LogP contribution in [0.25, 0.3) is 0 Å². The van der Waals surface area contributed by atoms with E-state index in [1.807, 2.05) is 6.92 Å². The van der Waals surface area contributed by atoms with E-state index in [0.717, 1.165) is 13.0 Å². The summed E-state index contributed by atoms with van der Waals surface area (Å²) in [5.41, 5.74) is 0.645. The second-order valence-corrected chi connectivity index (χ2v) is 4.89. The van der Waals surface area contributed by atoms with Crippen LogP contribution in [0.3, 0.4) is 0 Å². The summed E-state index contributed by atoms with van der Waals surface area (Å²) in [6, 6.07) is 0.706. The molecule has 1 saturated carbocycles. The van der Waals surface area contributed by atoms with Crippen molar-refractivity contribution < 1.29 is 4.92 Å². The number of nitro groups is 1. The molecular weight excluding hydrogens is 246 g/mol. The topological polar surface area (TPSA) is 85.0 Å². The number of anilines is 1. The van der Waals surface area contributed by atoms with E-state index in [1.54, 1.807) is 11.7 Å². The Labute approximate surface area is 112 Å². The van der Waals surface area contributed by atoms with Crippen molar-refractivity contribution in [3.8, 4) is 0 Å². The third-order valence-corrected chi connectivity index (χ3v) is 3.27. The molecule has 1 aromatic rings. The second-order valence-electron chi connectivity index (χ2n) is 4.89. The molecule has 1 aliphatic rings. The van der Waals surface area contributed by atoms with E-state index in [9.17, 15) is 10.1 Å². The zero-order valence-electron chi connectivity index (χ0n) is 11.5. The molecule has 2 N–H and O–H groups in total. The zero-order valence-corrected chi connectivity index (χ0v) is 11.5. The number of nitrogens with one attached hydrogen (secondary N) is 2. The predicted octanol–water partition coefficient (Wildman–Crippen LogP) is 1.44. The first kappa shape index (κ1) is 13.8. The first-order valence-corrected chi connectivity index (χ1v) is 6.81. The maximum atomic E-state index is 11.1. The van der Waals surface area contributed by atoms with E-state index in [1.165, 1.54) is 12.8 Å². The second kappa shape index (κ2) is 6.01. The van der Waals surface area contributed by atoms with Crippen LogP contribution in [-0.4, -0.2) is 33.8 Å². The first-order valence-electron chi connectivity index (χ1n) is 6.81. The van der Waals surface area contributed by atoms with Gasteiger partial charge in [0.25, 0.3) is 0 Å². The minimum absolute atomic E-state index is 0.111. The molecule has 0 spiro atoms. The van der Waals surface area contributed by atoms with Crippen molar-refractivity contribution in [2.24, 2.45) is 7.05 Å². The number of rotatable bonds is 8. The van der Waals surface area contributed by atoms with Crippen LogP contribution in [0, 0.1) is 10.1 Å². The van der Waals surface area contributed by atoms with Gasteiger partial charge in [-0.25, -0.2) is 4.68 Å². The Balaban J connectivity index is 1.90. The molecule has 2 rings (SSSR count). The van der Waals surface area contributed by atoms with Crippen molar-refractivity contribution in [2.75, 3.05) is 18.4 Å². The molecule has 1 aromatic heterocycles. The molecule has 0 atom stereocenters. The highest BCUT2D eigenvalue weighted by Crippen LogP contribution is 2.28. The maximum Gasteiger partial charge on any atom is 0.333 e. The molecule has 7 heteroatoms. The van der Waals surface area contributed by atoms with Gasteiger partial charge < -0.3 is 10.6 Å². The van der Waals surface area contributed by atoms with Crippen molar-refractivity contribution in [1.82, 2.24) is 15.1 Å². The number of nitrogens with zero attached hydrogens (tertiary/aromatic N) is 3. The molecule has 0 radical (unpaired) electrons. The normalized spacial score (nSPS) is 14.6. The van der Waals surface area contributed by atoms with E-state index < -0.39 is 0 Å². The van der Waals surface area contributed by atoms with Gasteiger partial charge in [0.05, 0.1) is 4.92 Å². The van der Waals surface area contributed by atoms with Crippen LogP contribution >= 0.6 is 0 Å². The lowest BCUT2D eigenvalue weighted by Crippen LogP contribution is -2.20. The monoisotopic (exact) mass is 267 g/mol. The van der Waals surface area contributed by atoms with Gasteiger partial charge >= 0.3 is 5.69 Å². The van der Waals surface area contributed by atoms with E-state index in [2.05, 4.69) is 15.7 Å². The fraction of sp³-hybridized carbons (Fsp3) is 0.750. The SMILES string of the molecule is CCc1nn(C)c(NCCCNC2CC2)c1[N+](=O)[O-]. The summed E-state index contributed by atoms with van der Waals surface area (Å²) in [5.74, 6) is 0.508. The Hall–Kier alpha value is -1.63. The number of hydrogen-bond acceptors (Lipinski definition) is 5. The van der Waals surface area contributed by atoms with Crippen molar-refractivity contribution in [3.05, 3.63) is 15.8 Å². The lowest BCUT2D eigenvalue weighted by atomic mass is 10.3. The summed E-state index contributed by atoms with van der Waals surface area (Å²) < 4.78 is 1.56. The third kappa shape index (κ3) is 3.44. The standard InChI is InChI=1S/C12H21N5O2/c1-3-10-11(17(18)19)12(16(2)15-10)14-8-4-7-13-9-5-6-9/h9,13-14H,3-8H2,1-2H3. The van der Waals surface area contributed by atoms with Gasteiger partial charge in [-0.2, -0.15) is 5.10 Å². The Morgan fingerprint density at radius 3 is 2.79 bits per heavy atom. The van der Waals surface area contributed by atoms with E-state index in [0.29, 0.717) is 30.5 Å². The molecular formula is C12H21N5O2. The van der Waals surface area contributed by atoms with Crippen LogP contribution in [0.1, 0.15) is 31.9 Å². The Bertz CT molecular complexity index is 453. The van der Waals surface area contributed by atoms with Gasteiger partial charge in [0.1, 0.15) is 5.69 Å². The summed E-state index contributed by atoms with van der Waals surface area (Å²) in [4.78, 5) is 10.8. The van der Waals surface area contributed by atoms with Crippen LogP contribution in [0.4, 0.5) is 11.5 Å². The van der Waals surface area contributed by atoms with Gasteiger partial charge in [-0.15, -0.1) is 0 Å². The summed E-state index contributed by atoms with van der Waals surface area (Å²) in [6.45, 7) is 3.53. The largest absolute Gasteiger partial charge is 0.364 e. The molecule has 1 heterocycles. The van der Waals surface area contributed by atoms with Gasteiger partial charge in [-0.05, 0) is 32.2 Å². The Morgan fingerprint density at radius 1 is 1.47 bits per heavy atom. The van der Waals surface area contributed by atoms with Crippen molar-refractivity contribution in [3.63, 3.8) is 0 Å². The quantitative estimate of drug-likeness (QED) is 0.423. The summed E-state index contributed by atoms with van der Waals surface area (Å²) in [7, 11) is 1.73. The maximum absolute atomic E-state index is 11.1. The Kier molecular flexibility index (Phi) is 4.36. The van der Waals surface area contributed by atoms with Crippen LogP contribution in [-0.2, 0) is 13.5 Å². The van der Waals surface area contributed by atoms with Gasteiger partial charge in [-0.1, -0.05) is 6.92 Å². The first-order chi connectivity index (χ1) is 9.13. The van der Waals surface area contributed by atoms with Crippen molar-refractivity contribution >= 4 is 11.5 Å². The molecule has 106 valence electrons. The lowest BCUT2D eigenvalue weighted by molar-refractivity contribution is -0.384. The minimum Gasteiger partial charge on any atom is -0.364 e. The third-order valence-electron chi connectivity index (χ3n) is 3.27. The molecule has 0 aliphatic heterocycles. The van der Waals surface area contributed by atoms with Crippen LogP contribution < -0.4 is 10.6 Å². The minimum atomic E-state index is -0.351. The molecule has 0 unspecified atom stereocenters. The molecule has 1 fully saturated rings. The molecule has 1 aliphatic carbocycles. The highest BCUT2D eigenvalue weighted by molar-refractivity contribution is 5.59. The number of hydrogen-bond donors (Lipinski definition) is 2. The fourth-order valence-corrected chi connectivity index (χ4v) is 2.09. The predicted molar refractivity (Wildman–Crippen MR) is 73.4 cm³/mol. The van der Waals surface area contributed by atoms with Gasteiger partial charge in [0.15, 0.2) is 0 Å². The fourth-order valence-electron chi connectivity index (χ4n) is 2.09. The van der Waals surface area contributed by atoms with E-state index in [4.69, 9.17) is 0 Å². The lowest BCUT2D eigenvalue weighted by Gasteiger charge is -2.06. The van der Waals surface area contributed by atoms with Crippen LogP contribution in [0.2, 0.25) is 0 Å². The average molecular weight is 267 g/mol. The number of aryl methyl sites for hydroxylation is 2. The summed E-state index contributed by atoms with van der Waals surface area (Å²) in [6.07, 6.45) is 4.07. The Morgan fingerprint density at radius 2 is 2.21 bits per heavy atom. The highest BCUT2D eigenvalue weighted by atomic mass is 16.6. The van der Waals surface area contributed by atoms with Crippen molar-refractivity contribution in [1.29, 1.82) is 0 Å². The zero-order chi connectivity index (χ0) is 13.8. The summed E-state index contributed by atoms with van der Waals surface area (Å²) >= 11 is 0. The summed E-state index contributed by atoms with van der Waals surface area (Å²) in [5, 5.41) is 21.8. The highest BCUT2D eigenvalue weighted by Gasteiger charge is 2.25. The molecule has 19 heavy (non-hydrogen) atoms. The van der Waals surface area contributed by atoms with Gasteiger partial charge in [0.2, 0.25) is 5.82 Å². The van der Waals surface area contributed by atoms with Crippen molar-refractivity contribution in [2.45, 2.75) is 38.6 Å². The molecule has 0 saturated heterocycles. The molecule has 7 nitrogen and oxygen atoms in total. The van der Waals surface area contributed by atoms with Crippen LogP contribution in [0.15, 0.2) is 0 Å². The molecule has 0 bridgehead atoms. The number of aromatic nitrogens is 2. The van der Waals surface area contributed by atoms with Gasteiger partial charge in [-0.3, -0.25) is 10.1 Å². The molecule has 0 aromatic carbocycles. The van der Waals surface area contributed by atoms with Gasteiger partial charge in [0, 0.05) is 19.6 Å². The van der Waals surface area contributed by atoms with E-state index >= 15 is 0 Å². The van der Waals surface area contributed by atoms with E-state index in [-0.39, 0.29) is 10.6 Å². The molecule has 0 amide bonds. The van der Waals surface area contributed by atoms with Crippen LogP contribution in [0.5, 0.6) is 0 Å². The average Bonchev–Trinajstić information content (AvgIpc) is 3.13.